The van der Waals surface area contributed by atoms with Crippen LogP contribution in [0.1, 0.15) is 66.7 Å². The zero-order valence-corrected chi connectivity index (χ0v) is 19.8. The van der Waals surface area contributed by atoms with Gasteiger partial charge in [0.05, 0.1) is 0 Å². The van der Waals surface area contributed by atoms with E-state index >= 15 is 0 Å². The van der Waals surface area contributed by atoms with E-state index in [1.54, 1.807) is 0 Å². The van der Waals surface area contributed by atoms with E-state index in [1.165, 1.54) is 104 Å². The van der Waals surface area contributed by atoms with Gasteiger partial charge in [-0.15, -0.1) is 0 Å². The number of rotatable bonds is 5. The van der Waals surface area contributed by atoms with Gasteiger partial charge in [-0.05, 0) is 63.7 Å². The van der Waals surface area contributed by atoms with Gasteiger partial charge in [0, 0.05) is 51.2 Å². The summed E-state index contributed by atoms with van der Waals surface area (Å²) in [6, 6.07) is 0. The summed E-state index contributed by atoms with van der Waals surface area (Å²) in [7, 11) is 0. The summed E-state index contributed by atoms with van der Waals surface area (Å²) in [5, 5.41) is 3.44. The third kappa shape index (κ3) is 6.97. The second kappa shape index (κ2) is 12.5. The van der Waals surface area contributed by atoms with Crippen molar-refractivity contribution in [3.8, 4) is 0 Å². The Balaban J connectivity index is 0.000000514. The lowest BCUT2D eigenvalue weighted by atomic mass is 9.74. The largest absolute Gasteiger partial charge is 0.315 e. The van der Waals surface area contributed by atoms with Crippen molar-refractivity contribution in [2.75, 3.05) is 72.0 Å². The minimum atomic E-state index is 0.701. The van der Waals surface area contributed by atoms with E-state index in [2.05, 4.69) is 40.8 Å². The molecule has 1 N–H and O–H groups in total. The van der Waals surface area contributed by atoms with E-state index in [0.717, 1.165) is 11.8 Å². The van der Waals surface area contributed by atoms with Gasteiger partial charge in [-0.2, -0.15) is 0 Å². The minimum absolute atomic E-state index is 0.701. The second-order valence-corrected chi connectivity index (χ2v) is 9.63. The predicted molar refractivity (Wildman–Crippen MR) is 123 cm³/mol. The zero-order chi connectivity index (χ0) is 20.4. The number of hydrogen-bond acceptors (Lipinski definition) is 4. The average molecular weight is 395 g/mol. The fourth-order valence-corrected chi connectivity index (χ4v) is 5.40. The van der Waals surface area contributed by atoms with Crippen LogP contribution in [0.4, 0.5) is 0 Å². The second-order valence-electron chi connectivity index (χ2n) is 9.63. The summed E-state index contributed by atoms with van der Waals surface area (Å²) in [6.07, 6.45) is 7.00. The molecular formula is C24H50N4. The predicted octanol–water partition coefficient (Wildman–Crippen LogP) is 3.78. The molecule has 0 aromatic heterocycles. The molecule has 4 rings (SSSR count). The molecule has 1 unspecified atom stereocenters. The third-order valence-corrected chi connectivity index (χ3v) is 6.91. The lowest BCUT2D eigenvalue weighted by molar-refractivity contribution is -0.0515. The molecule has 0 aromatic rings. The average Bonchev–Trinajstić information content (AvgIpc) is 2.66. The molecule has 4 fully saturated rings. The van der Waals surface area contributed by atoms with Crippen LogP contribution in [-0.2, 0) is 0 Å². The van der Waals surface area contributed by atoms with Gasteiger partial charge in [0.25, 0.3) is 0 Å². The smallest absolute Gasteiger partial charge is 0.0207 e. The van der Waals surface area contributed by atoms with Crippen molar-refractivity contribution in [3.63, 3.8) is 0 Å². The van der Waals surface area contributed by atoms with Crippen molar-refractivity contribution < 1.29 is 0 Å². The molecule has 166 valence electrons. The molecule has 4 aliphatic rings. The molecule has 0 aliphatic carbocycles. The summed E-state index contributed by atoms with van der Waals surface area (Å²) in [5.74, 6) is 1.90. The Morgan fingerprint density at radius 2 is 1.39 bits per heavy atom. The van der Waals surface area contributed by atoms with Crippen LogP contribution in [0.3, 0.4) is 0 Å². The Hall–Kier alpha value is -0.160. The zero-order valence-electron chi connectivity index (χ0n) is 19.8. The maximum Gasteiger partial charge on any atom is 0.0207 e. The molecule has 4 nitrogen and oxygen atoms in total. The number of nitrogens with one attached hydrogen (secondary N) is 1. The first-order valence-electron chi connectivity index (χ1n) is 12.5. The molecule has 0 radical (unpaired) electrons. The van der Waals surface area contributed by atoms with Crippen LogP contribution in [0, 0.1) is 17.3 Å². The minimum Gasteiger partial charge on any atom is -0.315 e. The molecule has 4 saturated heterocycles. The molecule has 0 amide bonds. The molecule has 4 heterocycles. The number of hydrogen-bond donors (Lipinski definition) is 1. The highest BCUT2D eigenvalue weighted by Crippen LogP contribution is 2.35. The van der Waals surface area contributed by atoms with Gasteiger partial charge >= 0.3 is 0 Å². The van der Waals surface area contributed by atoms with Crippen LogP contribution in [0.25, 0.3) is 0 Å². The third-order valence-electron chi connectivity index (χ3n) is 6.91. The normalized spacial score (nSPS) is 28.4. The Morgan fingerprint density at radius 1 is 0.786 bits per heavy atom. The molecule has 28 heavy (non-hydrogen) atoms. The fraction of sp³-hybridized carbons (Fsp3) is 1.00. The van der Waals surface area contributed by atoms with Crippen molar-refractivity contribution in [2.45, 2.75) is 66.7 Å². The highest BCUT2D eigenvalue weighted by Gasteiger charge is 2.47. The lowest BCUT2D eigenvalue weighted by Gasteiger charge is -2.57. The summed E-state index contributed by atoms with van der Waals surface area (Å²) >= 11 is 0. The quantitative estimate of drug-likeness (QED) is 0.766. The van der Waals surface area contributed by atoms with Gasteiger partial charge < -0.3 is 20.0 Å². The van der Waals surface area contributed by atoms with Gasteiger partial charge in [0.1, 0.15) is 0 Å². The summed E-state index contributed by atoms with van der Waals surface area (Å²) in [4.78, 5) is 8.14. The summed E-state index contributed by atoms with van der Waals surface area (Å²) < 4.78 is 0. The van der Waals surface area contributed by atoms with Crippen LogP contribution in [0.2, 0.25) is 0 Å². The monoisotopic (exact) mass is 394 g/mol. The van der Waals surface area contributed by atoms with E-state index in [1.807, 2.05) is 13.8 Å². The van der Waals surface area contributed by atoms with Gasteiger partial charge in [0.15, 0.2) is 0 Å². The topological polar surface area (TPSA) is 21.8 Å². The molecular weight excluding hydrogens is 344 g/mol. The van der Waals surface area contributed by atoms with E-state index in [4.69, 9.17) is 0 Å². The van der Waals surface area contributed by atoms with Crippen LogP contribution >= 0.6 is 0 Å². The standard InChI is InChI=1S/C19H36N4.C3H8.C2H6/c1-2-21-7-3-4-18(11-21)12-22-8-5-17(6-9-22)10-23-15-19(16-23)13-20-14-19;1-3-2;1-2/h17-18,20H,2-16H2,1H3;3H2,1-2H3;1-2H3. The highest BCUT2D eigenvalue weighted by molar-refractivity contribution is 5.04. The SMILES string of the molecule is CC.CCC.CCN1CCCC(CN2CCC(CN3CC4(CNC4)C3)CC2)C1. The van der Waals surface area contributed by atoms with E-state index < -0.39 is 0 Å². The summed E-state index contributed by atoms with van der Waals surface area (Å²) in [5.41, 5.74) is 0.701. The van der Waals surface area contributed by atoms with Crippen molar-refractivity contribution in [1.29, 1.82) is 0 Å². The summed E-state index contributed by atoms with van der Waals surface area (Å²) in [6.45, 7) is 25.2. The molecule has 4 aliphatic heterocycles. The first-order chi connectivity index (χ1) is 13.7. The van der Waals surface area contributed by atoms with Crippen LogP contribution < -0.4 is 5.32 Å². The van der Waals surface area contributed by atoms with Crippen LogP contribution in [0.5, 0.6) is 0 Å². The number of likely N-dealkylation sites (tertiary alicyclic amines) is 3. The number of nitrogens with zero attached hydrogens (tertiary/aromatic N) is 3. The van der Waals surface area contributed by atoms with Crippen molar-refractivity contribution in [2.24, 2.45) is 17.3 Å². The molecule has 1 spiro atoms. The first kappa shape index (κ1) is 24.1. The van der Waals surface area contributed by atoms with Crippen LogP contribution in [0.15, 0.2) is 0 Å². The van der Waals surface area contributed by atoms with Gasteiger partial charge in [0.2, 0.25) is 0 Å². The molecule has 0 bridgehead atoms. The fourth-order valence-electron chi connectivity index (χ4n) is 5.40. The molecule has 0 saturated carbocycles. The van der Waals surface area contributed by atoms with Gasteiger partial charge in [-0.1, -0.05) is 41.0 Å². The molecule has 1 atom stereocenters. The molecule has 4 heteroatoms. The maximum absolute atomic E-state index is 3.44. The van der Waals surface area contributed by atoms with E-state index in [0.29, 0.717) is 5.41 Å². The Morgan fingerprint density at radius 3 is 1.93 bits per heavy atom. The Bertz CT molecular complexity index is 393. The van der Waals surface area contributed by atoms with Crippen molar-refractivity contribution in [3.05, 3.63) is 0 Å². The Kier molecular flexibility index (Phi) is 10.8. The van der Waals surface area contributed by atoms with Gasteiger partial charge in [-0.3, -0.25) is 0 Å². The van der Waals surface area contributed by atoms with Crippen LogP contribution in [-0.4, -0.2) is 86.7 Å². The maximum atomic E-state index is 3.44. The van der Waals surface area contributed by atoms with Gasteiger partial charge in [-0.25, -0.2) is 0 Å². The van der Waals surface area contributed by atoms with E-state index in [-0.39, 0.29) is 0 Å². The van der Waals surface area contributed by atoms with Crippen molar-refractivity contribution >= 4 is 0 Å². The van der Waals surface area contributed by atoms with E-state index in [9.17, 15) is 0 Å². The highest BCUT2D eigenvalue weighted by atomic mass is 15.3. The number of piperidine rings is 2. The van der Waals surface area contributed by atoms with Crippen molar-refractivity contribution in [1.82, 2.24) is 20.0 Å². The molecule has 0 aromatic carbocycles. The lowest BCUT2D eigenvalue weighted by Crippen LogP contribution is -2.71. The first-order valence-corrected chi connectivity index (χ1v) is 12.5. The Labute approximate surface area is 176 Å².